The molecule has 1 fully saturated rings. The van der Waals surface area contributed by atoms with Crippen molar-refractivity contribution in [3.8, 4) is 0 Å². The van der Waals surface area contributed by atoms with E-state index in [9.17, 15) is 18.0 Å². The maximum absolute atomic E-state index is 12.3. The van der Waals surface area contributed by atoms with Crippen LogP contribution in [0.1, 0.15) is 19.8 Å². The van der Waals surface area contributed by atoms with Crippen molar-refractivity contribution in [1.82, 2.24) is 20.3 Å². The Balaban J connectivity index is 1.87. The molecule has 0 aliphatic carbocycles. The van der Waals surface area contributed by atoms with Gasteiger partial charge in [-0.2, -0.15) is 0 Å². The maximum Gasteiger partial charge on any atom is 0.321 e. The van der Waals surface area contributed by atoms with Crippen molar-refractivity contribution in [3.05, 3.63) is 30.3 Å². The van der Waals surface area contributed by atoms with E-state index in [0.29, 0.717) is 25.9 Å². The summed E-state index contributed by atoms with van der Waals surface area (Å²) in [6.45, 7) is 2.88. The van der Waals surface area contributed by atoms with Crippen LogP contribution in [0.2, 0.25) is 0 Å². The zero-order valence-electron chi connectivity index (χ0n) is 14.4. The second kappa shape index (κ2) is 8.41. The van der Waals surface area contributed by atoms with E-state index in [1.54, 1.807) is 37.3 Å². The Hall–Kier alpha value is -1.97. The van der Waals surface area contributed by atoms with Gasteiger partial charge in [-0.05, 0) is 31.9 Å². The lowest BCUT2D eigenvalue weighted by Gasteiger charge is -2.35. The maximum atomic E-state index is 12.3. The normalized spacial score (nSPS) is 17.7. The van der Waals surface area contributed by atoms with Crippen LogP contribution in [0.25, 0.3) is 0 Å². The summed E-state index contributed by atoms with van der Waals surface area (Å²) < 4.78 is 27.4. The Morgan fingerprint density at radius 3 is 2.32 bits per heavy atom. The lowest BCUT2D eigenvalue weighted by molar-refractivity contribution is -0.125. The standard InChI is InChI=1S/C16H24N4O4S/c1-12(15(21)18-16(22)17-2)20-10-8-13(9-11-20)19-25(23,24)14-6-4-3-5-7-14/h3-7,12-13,19H,8-11H2,1-2H3,(H2,17,18,21,22)/t12-/m0/s1. The van der Waals surface area contributed by atoms with Crippen molar-refractivity contribution in [2.75, 3.05) is 20.1 Å². The summed E-state index contributed by atoms with van der Waals surface area (Å²) >= 11 is 0. The molecule has 0 saturated carbocycles. The van der Waals surface area contributed by atoms with Crippen LogP contribution in [0.3, 0.4) is 0 Å². The summed E-state index contributed by atoms with van der Waals surface area (Å²) in [6.07, 6.45) is 1.20. The van der Waals surface area contributed by atoms with Crippen LogP contribution in [0.5, 0.6) is 0 Å². The SMILES string of the molecule is CNC(=O)NC(=O)[C@H](C)N1CCC(NS(=O)(=O)c2ccccc2)CC1. The molecule has 1 saturated heterocycles. The Bertz CT molecular complexity index is 700. The van der Waals surface area contributed by atoms with E-state index in [-0.39, 0.29) is 16.8 Å². The van der Waals surface area contributed by atoms with E-state index in [4.69, 9.17) is 0 Å². The van der Waals surface area contributed by atoms with Crippen LogP contribution in [-0.2, 0) is 14.8 Å². The van der Waals surface area contributed by atoms with Crippen LogP contribution in [-0.4, -0.2) is 57.5 Å². The van der Waals surface area contributed by atoms with Gasteiger partial charge in [-0.25, -0.2) is 17.9 Å². The van der Waals surface area contributed by atoms with E-state index >= 15 is 0 Å². The number of urea groups is 1. The number of hydrogen-bond donors (Lipinski definition) is 3. The molecule has 0 radical (unpaired) electrons. The van der Waals surface area contributed by atoms with Crippen LogP contribution in [0.15, 0.2) is 35.2 Å². The van der Waals surface area contributed by atoms with Gasteiger partial charge in [0.25, 0.3) is 0 Å². The highest BCUT2D eigenvalue weighted by Crippen LogP contribution is 2.16. The summed E-state index contributed by atoms with van der Waals surface area (Å²) in [6, 6.07) is 7.09. The smallest absolute Gasteiger partial charge is 0.321 e. The first kappa shape index (κ1) is 19.4. The fourth-order valence-corrected chi connectivity index (χ4v) is 4.06. The lowest BCUT2D eigenvalue weighted by Crippen LogP contribution is -2.53. The van der Waals surface area contributed by atoms with E-state index in [2.05, 4.69) is 15.4 Å². The molecule has 0 bridgehead atoms. The summed E-state index contributed by atoms with van der Waals surface area (Å²) in [5.41, 5.74) is 0. The van der Waals surface area contributed by atoms with Gasteiger partial charge in [-0.15, -0.1) is 0 Å². The summed E-state index contributed by atoms with van der Waals surface area (Å²) in [7, 11) is -2.09. The van der Waals surface area contributed by atoms with Gasteiger partial charge in [-0.1, -0.05) is 18.2 Å². The van der Waals surface area contributed by atoms with Gasteiger partial charge in [0.15, 0.2) is 0 Å². The molecule has 0 aromatic heterocycles. The number of nitrogens with zero attached hydrogens (tertiary/aromatic N) is 1. The number of hydrogen-bond acceptors (Lipinski definition) is 5. The Kier molecular flexibility index (Phi) is 6.51. The predicted octanol–water partition coefficient (Wildman–Crippen LogP) is 0.273. The monoisotopic (exact) mass is 368 g/mol. The molecular weight excluding hydrogens is 344 g/mol. The number of imide groups is 1. The Labute approximate surface area is 148 Å². The topological polar surface area (TPSA) is 108 Å². The Morgan fingerprint density at radius 1 is 1.16 bits per heavy atom. The molecule has 9 heteroatoms. The molecule has 1 aliphatic heterocycles. The molecular formula is C16H24N4O4S. The van der Waals surface area contributed by atoms with Crippen molar-refractivity contribution in [3.63, 3.8) is 0 Å². The number of nitrogens with one attached hydrogen (secondary N) is 3. The Morgan fingerprint density at radius 2 is 1.76 bits per heavy atom. The fraction of sp³-hybridized carbons (Fsp3) is 0.500. The minimum atomic E-state index is -3.53. The van der Waals surface area contributed by atoms with E-state index < -0.39 is 22.1 Å². The average Bonchev–Trinajstić information content (AvgIpc) is 2.62. The van der Waals surface area contributed by atoms with Crippen molar-refractivity contribution < 1.29 is 18.0 Å². The summed E-state index contributed by atoms with van der Waals surface area (Å²) in [4.78, 5) is 25.4. The number of piperidine rings is 1. The molecule has 1 aromatic rings. The largest absolute Gasteiger partial charge is 0.341 e. The van der Waals surface area contributed by atoms with Crippen LogP contribution >= 0.6 is 0 Å². The van der Waals surface area contributed by atoms with Gasteiger partial charge in [0, 0.05) is 26.2 Å². The zero-order valence-corrected chi connectivity index (χ0v) is 15.2. The predicted molar refractivity (Wildman–Crippen MR) is 93.4 cm³/mol. The highest BCUT2D eigenvalue weighted by molar-refractivity contribution is 7.89. The first-order chi connectivity index (χ1) is 11.8. The first-order valence-electron chi connectivity index (χ1n) is 8.17. The molecule has 1 heterocycles. The fourth-order valence-electron chi connectivity index (χ4n) is 2.74. The molecule has 138 valence electrons. The number of amides is 3. The number of carbonyl (C=O) groups excluding carboxylic acids is 2. The molecule has 3 amide bonds. The van der Waals surface area contributed by atoms with Gasteiger partial charge in [0.1, 0.15) is 0 Å². The summed E-state index contributed by atoms with van der Waals surface area (Å²) in [5, 5.41) is 4.59. The van der Waals surface area contributed by atoms with Crippen LogP contribution in [0.4, 0.5) is 4.79 Å². The minimum absolute atomic E-state index is 0.171. The van der Waals surface area contributed by atoms with E-state index in [1.807, 2.05) is 4.90 Å². The molecule has 25 heavy (non-hydrogen) atoms. The van der Waals surface area contributed by atoms with E-state index in [1.165, 1.54) is 7.05 Å². The third-order valence-electron chi connectivity index (χ3n) is 4.30. The molecule has 0 unspecified atom stereocenters. The average molecular weight is 368 g/mol. The highest BCUT2D eigenvalue weighted by Gasteiger charge is 2.29. The van der Waals surface area contributed by atoms with Gasteiger partial charge >= 0.3 is 6.03 Å². The van der Waals surface area contributed by atoms with E-state index in [0.717, 1.165) is 0 Å². The number of benzene rings is 1. The number of likely N-dealkylation sites (tertiary alicyclic amines) is 1. The molecule has 3 N–H and O–H groups in total. The first-order valence-corrected chi connectivity index (χ1v) is 9.66. The molecule has 8 nitrogen and oxygen atoms in total. The molecule has 1 aliphatic rings. The quantitative estimate of drug-likeness (QED) is 0.692. The zero-order chi connectivity index (χ0) is 18.4. The van der Waals surface area contributed by atoms with Gasteiger partial charge < -0.3 is 5.32 Å². The van der Waals surface area contributed by atoms with Crippen molar-refractivity contribution in [2.24, 2.45) is 0 Å². The third kappa shape index (κ3) is 5.25. The van der Waals surface area contributed by atoms with Gasteiger partial charge in [0.2, 0.25) is 15.9 Å². The van der Waals surface area contributed by atoms with Crippen LogP contribution < -0.4 is 15.4 Å². The second-order valence-corrected chi connectivity index (χ2v) is 7.70. The summed E-state index contributed by atoms with van der Waals surface area (Å²) in [5.74, 6) is -0.373. The molecule has 1 aromatic carbocycles. The number of sulfonamides is 1. The van der Waals surface area contributed by atoms with Gasteiger partial charge in [-0.3, -0.25) is 15.0 Å². The number of carbonyl (C=O) groups is 2. The highest BCUT2D eigenvalue weighted by atomic mass is 32.2. The molecule has 1 atom stereocenters. The van der Waals surface area contributed by atoms with Crippen molar-refractivity contribution >= 4 is 22.0 Å². The van der Waals surface area contributed by atoms with Crippen LogP contribution in [0, 0.1) is 0 Å². The second-order valence-electron chi connectivity index (χ2n) is 5.99. The molecule has 0 spiro atoms. The minimum Gasteiger partial charge on any atom is -0.341 e. The third-order valence-corrected chi connectivity index (χ3v) is 5.83. The number of rotatable bonds is 5. The lowest BCUT2D eigenvalue weighted by atomic mass is 10.0. The van der Waals surface area contributed by atoms with Crippen molar-refractivity contribution in [2.45, 2.75) is 36.7 Å². The molecule has 2 rings (SSSR count). The van der Waals surface area contributed by atoms with Gasteiger partial charge in [0.05, 0.1) is 10.9 Å². The van der Waals surface area contributed by atoms with Crippen molar-refractivity contribution in [1.29, 1.82) is 0 Å².